The van der Waals surface area contributed by atoms with Crippen molar-refractivity contribution in [3.05, 3.63) is 58.5 Å². The molecule has 0 bridgehead atoms. The lowest BCUT2D eigenvalue weighted by atomic mass is 10.1. The molecule has 1 unspecified atom stereocenters. The molecule has 1 saturated heterocycles. The number of terminal acetylenes is 1. The fraction of sp³-hybridized carbons (Fsp3) is 0.485. The molecule has 0 N–H and O–H groups in total. The molecule has 1 fully saturated rings. The summed E-state index contributed by atoms with van der Waals surface area (Å²) in [4.78, 5) is 26.9. The number of anilines is 1. The lowest BCUT2D eigenvalue weighted by Crippen LogP contribution is -2.52. The molecule has 0 spiro atoms. The average molecular weight is 604 g/mol. The Hall–Kier alpha value is -3.79. The van der Waals surface area contributed by atoms with E-state index >= 15 is 0 Å². The number of fused-ring (bicyclic) bond motifs is 2. The van der Waals surface area contributed by atoms with Crippen LogP contribution in [0.3, 0.4) is 0 Å². The Morgan fingerprint density at radius 1 is 0.955 bits per heavy atom. The first-order valence-corrected chi connectivity index (χ1v) is 15.1. The fourth-order valence-electron chi connectivity index (χ4n) is 5.44. The van der Waals surface area contributed by atoms with E-state index in [2.05, 4.69) is 38.7 Å². The van der Waals surface area contributed by atoms with E-state index in [-0.39, 0.29) is 0 Å². The van der Waals surface area contributed by atoms with Gasteiger partial charge in [-0.05, 0) is 39.0 Å². The molecular weight excluding hydrogens is 562 g/mol. The van der Waals surface area contributed by atoms with E-state index in [0.717, 1.165) is 54.3 Å². The van der Waals surface area contributed by atoms with E-state index in [1.165, 1.54) is 0 Å². The predicted octanol–water partition coefficient (Wildman–Crippen LogP) is 3.33. The standard InChI is InChI=1S/C33H41N5O6/c1-5-11-40-13-15-42-17-18-43-16-14-41-12-10-36-8-9-37(22-25(36)3)28-7-6-27-19-29(33(39)44-31(27)20-28)30-23-38-21-24(2)34-26(4)32(38)35-30/h1,6-7,19-21,23,25H,8-18,22H2,2-4H3. The number of piperazine rings is 1. The molecule has 0 radical (unpaired) electrons. The van der Waals surface area contributed by atoms with Crippen LogP contribution < -0.4 is 10.5 Å². The third-order valence-corrected chi connectivity index (χ3v) is 7.68. The number of ether oxygens (including phenoxy) is 4. The first-order chi connectivity index (χ1) is 21.4. The van der Waals surface area contributed by atoms with Crippen molar-refractivity contribution in [1.29, 1.82) is 0 Å². The van der Waals surface area contributed by atoms with Crippen molar-refractivity contribution in [2.24, 2.45) is 0 Å². The minimum atomic E-state index is -0.403. The SMILES string of the molecule is C#CCOCCOCCOCCOCCN1CCN(c2ccc3cc(-c4cn5cc(C)nc(C)c5n4)c(=O)oc3c2)CC1C. The van der Waals surface area contributed by atoms with Crippen LogP contribution in [0.1, 0.15) is 18.3 Å². The monoisotopic (exact) mass is 603 g/mol. The van der Waals surface area contributed by atoms with Crippen LogP contribution >= 0.6 is 0 Å². The maximum atomic E-state index is 13.0. The van der Waals surface area contributed by atoms with E-state index in [1.54, 1.807) is 0 Å². The van der Waals surface area contributed by atoms with Crippen molar-refractivity contribution >= 4 is 22.3 Å². The molecular formula is C33H41N5O6. The van der Waals surface area contributed by atoms with Gasteiger partial charge in [-0.1, -0.05) is 5.92 Å². The summed E-state index contributed by atoms with van der Waals surface area (Å²) >= 11 is 0. The summed E-state index contributed by atoms with van der Waals surface area (Å²) in [6.45, 7) is 13.7. The lowest BCUT2D eigenvalue weighted by Gasteiger charge is -2.41. The summed E-state index contributed by atoms with van der Waals surface area (Å²) < 4.78 is 29.6. The summed E-state index contributed by atoms with van der Waals surface area (Å²) in [6, 6.07) is 8.29. The molecule has 0 amide bonds. The minimum Gasteiger partial charge on any atom is -0.422 e. The van der Waals surface area contributed by atoms with Gasteiger partial charge in [-0.2, -0.15) is 0 Å². The highest BCUT2D eigenvalue weighted by Gasteiger charge is 2.24. The largest absolute Gasteiger partial charge is 0.422 e. The summed E-state index contributed by atoms with van der Waals surface area (Å²) in [7, 11) is 0. The number of rotatable bonds is 15. The van der Waals surface area contributed by atoms with Gasteiger partial charge in [0.15, 0.2) is 5.65 Å². The van der Waals surface area contributed by atoms with Gasteiger partial charge < -0.3 is 32.7 Å². The third kappa shape index (κ3) is 8.02. The van der Waals surface area contributed by atoms with Gasteiger partial charge in [-0.25, -0.2) is 9.78 Å². The van der Waals surface area contributed by atoms with Crippen LogP contribution in [0.4, 0.5) is 5.69 Å². The van der Waals surface area contributed by atoms with Gasteiger partial charge >= 0.3 is 5.63 Å². The van der Waals surface area contributed by atoms with Gasteiger partial charge in [0.25, 0.3) is 0 Å². The molecule has 44 heavy (non-hydrogen) atoms. The highest BCUT2D eigenvalue weighted by Crippen LogP contribution is 2.27. The highest BCUT2D eigenvalue weighted by atomic mass is 16.6. The van der Waals surface area contributed by atoms with Gasteiger partial charge in [-0.3, -0.25) is 9.88 Å². The maximum absolute atomic E-state index is 13.0. The molecule has 234 valence electrons. The molecule has 1 aliphatic rings. The zero-order valence-corrected chi connectivity index (χ0v) is 25.8. The fourth-order valence-corrected chi connectivity index (χ4v) is 5.44. The zero-order valence-electron chi connectivity index (χ0n) is 25.8. The van der Waals surface area contributed by atoms with Crippen molar-refractivity contribution in [2.75, 3.05) is 83.9 Å². The molecule has 3 aromatic heterocycles. The highest BCUT2D eigenvalue weighted by molar-refractivity contribution is 5.84. The summed E-state index contributed by atoms with van der Waals surface area (Å²) in [5.74, 6) is 2.42. The van der Waals surface area contributed by atoms with Gasteiger partial charge in [0, 0.05) is 61.8 Å². The Balaban J connectivity index is 1.07. The quantitative estimate of drug-likeness (QED) is 0.114. The van der Waals surface area contributed by atoms with Crippen molar-refractivity contribution in [2.45, 2.75) is 26.8 Å². The molecule has 1 atom stereocenters. The van der Waals surface area contributed by atoms with Crippen LogP contribution in [-0.2, 0) is 18.9 Å². The number of imidazole rings is 1. The van der Waals surface area contributed by atoms with E-state index in [4.69, 9.17) is 29.8 Å². The number of hydrogen-bond donors (Lipinski definition) is 0. The molecule has 1 aromatic carbocycles. The second-order valence-electron chi connectivity index (χ2n) is 10.9. The van der Waals surface area contributed by atoms with Gasteiger partial charge in [0.2, 0.25) is 0 Å². The minimum absolute atomic E-state index is 0.308. The van der Waals surface area contributed by atoms with Gasteiger partial charge in [-0.15, -0.1) is 6.42 Å². The summed E-state index contributed by atoms with van der Waals surface area (Å²) in [5, 5.41) is 0.859. The predicted molar refractivity (Wildman–Crippen MR) is 169 cm³/mol. The molecule has 4 aromatic rings. The number of benzene rings is 1. The number of hydrogen-bond acceptors (Lipinski definition) is 10. The van der Waals surface area contributed by atoms with Crippen LogP contribution in [-0.4, -0.2) is 104 Å². The van der Waals surface area contributed by atoms with E-state index in [1.807, 2.05) is 48.8 Å². The van der Waals surface area contributed by atoms with Crippen molar-refractivity contribution in [1.82, 2.24) is 19.3 Å². The van der Waals surface area contributed by atoms with E-state index in [9.17, 15) is 4.79 Å². The summed E-state index contributed by atoms with van der Waals surface area (Å²) in [6.07, 6.45) is 8.87. The van der Waals surface area contributed by atoms with Crippen LogP contribution in [0.2, 0.25) is 0 Å². The topological polar surface area (TPSA) is 104 Å². The molecule has 0 saturated carbocycles. The molecule has 5 rings (SSSR count). The van der Waals surface area contributed by atoms with Crippen molar-refractivity contribution in [3.8, 4) is 23.6 Å². The van der Waals surface area contributed by atoms with Crippen molar-refractivity contribution < 1.29 is 23.4 Å². The Bertz CT molecular complexity index is 1640. The second kappa shape index (κ2) is 15.3. The Morgan fingerprint density at radius 3 is 2.41 bits per heavy atom. The molecule has 11 heteroatoms. The smallest absolute Gasteiger partial charge is 0.345 e. The summed E-state index contributed by atoms with van der Waals surface area (Å²) in [5.41, 5.74) is 4.66. The Labute approximate surface area is 257 Å². The van der Waals surface area contributed by atoms with Gasteiger partial charge in [0.1, 0.15) is 12.2 Å². The number of nitrogens with zero attached hydrogens (tertiary/aromatic N) is 5. The maximum Gasteiger partial charge on any atom is 0.345 e. The third-order valence-electron chi connectivity index (χ3n) is 7.68. The first kappa shape index (κ1) is 31.6. The molecule has 11 nitrogen and oxygen atoms in total. The average Bonchev–Trinajstić information content (AvgIpc) is 3.43. The van der Waals surface area contributed by atoms with E-state index < -0.39 is 5.63 Å². The Kier molecular flexibility index (Phi) is 11.0. The molecule has 0 aliphatic carbocycles. The van der Waals surface area contributed by atoms with Crippen LogP contribution in [0.5, 0.6) is 0 Å². The van der Waals surface area contributed by atoms with Crippen molar-refractivity contribution in [3.63, 3.8) is 0 Å². The normalized spacial score (nSPS) is 15.8. The lowest BCUT2D eigenvalue weighted by molar-refractivity contribution is -0.00246. The zero-order chi connectivity index (χ0) is 30.9. The van der Waals surface area contributed by atoms with E-state index in [0.29, 0.717) is 75.7 Å². The van der Waals surface area contributed by atoms with Gasteiger partial charge in [0.05, 0.1) is 68.9 Å². The Morgan fingerprint density at radius 2 is 1.68 bits per heavy atom. The van der Waals surface area contributed by atoms with Crippen LogP contribution in [0, 0.1) is 26.2 Å². The van der Waals surface area contributed by atoms with Crippen LogP contribution in [0.15, 0.2) is 45.9 Å². The number of aryl methyl sites for hydroxylation is 2. The molecule has 1 aliphatic heterocycles. The van der Waals surface area contributed by atoms with Crippen LogP contribution in [0.25, 0.3) is 27.9 Å². The molecule has 4 heterocycles. The number of aromatic nitrogens is 3. The first-order valence-electron chi connectivity index (χ1n) is 15.1. The second-order valence-corrected chi connectivity index (χ2v) is 10.9.